The minimum absolute atomic E-state index is 0.267. The Morgan fingerprint density at radius 3 is 3.00 bits per heavy atom. The van der Waals surface area contributed by atoms with Gasteiger partial charge in [0.05, 0.1) is 17.6 Å². The van der Waals surface area contributed by atoms with Crippen molar-refractivity contribution in [2.45, 2.75) is 31.7 Å². The average molecular weight is 265 g/mol. The SMILES string of the molecule is NC(=S)c1ccc(N2CCCC2CCCO)cn1. The molecule has 0 amide bonds. The second kappa shape index (κ2) is 6.11. The Labute approximate surface area is 113 Å². The summed E-state index contributed by atoms with van der Waals surface area (Å²) in [5.41, 5.74) is 7.33. The van der Waals surface area contributed by atoms with E-state index in [1.165, 1.54) is 12.8 Å². The zero-order valence-corrected chi connectivity index (χ0v) is 11.2. The van der Waals surface area contributed by atoms with Crippen molar-refractivity contribution in [2.24, 2.45) is 5.73 Å². The van der Waals surface area contributed by atoms with Crippen LogP contribution in [0.5, 0.6) is 0 Å². The topological polar surface area (TPSA) is 62.4 Å². The molecule has 0 radical (unpaired) electrons. The minimum Gasteiger partial charge on any atom is -0.396 e. The molecule has 4 nitrogen and oxygen atoms in total. The number of pyridine rings is 1. The number of aliphatic hydroxyl groups excluding tert-OH is 1. The Balaban J connectivity index is 2.07. The first-order valence-corrected chi connectivity index (χ1v) is 6.76. The zero-order chi connectivity index (χ0) is 13.0. The van der Waals surface area contributed by atoms with E-state index in [0.717, 1.165) is 25.1 Å². The van der Waals surface area contributed by atoms with Crippen molar-refractivity contribution in [1.29, 1.82) is 0 Å². The predicted octanol–water partition coefficient (Wildman–Crippen LogP) is 1.46. The van der Waals surface area contributed by atoms with E-state index in [2.05, 4.69) is 9.88 Å². The van der Waals surface area contributed by atoms with Crippen molar-refractivity contribution in [3.63, 3.8) is 0 Å². The van der Waals surface area contributed by atoms with Crippen LogP contribution in [0.1, 0.15) is 31.4 Å². The van der Waals surface area contributed by atoms with Gasteiger partial charge in [0.1, 0.15) is 4.99 Å². The molecule has 0 bridgehead atoms. The standard InChI is InChI=1S/C13H19N3OS/c14-13(18)12-6-5-11(9-15-12)16-7-1-3-10(16)4-2-8-17/h5-6,9-10,17H,1-4,7-8H2,(H2,14,18). The summed E-state index contributed by atoms with van der Waals surface area (Å²) >= 11 is 4.89. The number of anilines is 1. The molecule has 1 aromatic heterocycles. The molecule has 0 spiro atoms. The van der Waals surface area contributed by atoms with E-state index >= 15 is 0 Å². The number of hydrogen-bond donors (Lipinski definition) is 2. The quantitative estimate of drug-likeness (QED) is 0.789. The fourth-order valence-electron chi connectivity index (χ4n) is 2.50. The van der Waals surface area contributed by atoms with Crippen molar-refractivity contribution in [1.82, 2.24) is 4.98 Å². The molecule has 2 rings (SSSR count). The van der Waals surface area contributed by atoms with Gasteiger partial charge in [-0.15, -0.1) is 0 Å². The lowest BCUT2D eigenvalue weighted by Crippen LogP contribution is -2.29. The van der Waals surface area contributed by atoms with Gasteiger partial charge in [-0.05, 0) is 37.8 Å². The molecule has 0 aliphatic carbocycles. The predicted molar refractivity (Wildman–Crippen MR) is 76.8 cm³/mol. The summed E-state index contributed by atoms with van der Waals surface area (Å²) < 4.78 is 0. The van der Waals surface area contributed by atoms with E-state index in [4.69, 9.17) is 23.1 Å². The van der Waals surface area contributed by atoms with Crippen LogP contribution in [-0.2, 0) is 0 Å². The highest BCUT2D eigenvalue weighted by Crippen LogP contribution is 2.27. The second-order valence-corrected chi connectivity index (χ2v) is 5.06. The molecule has 1 unspecified atom stereocenters. The number of nitrogens with two attached hydrogens (primary N) is 1. The van der Waals surface area contributed by atoms with Gasteiger partial charge in [0.2, 0.25) is 0 Å². The summed E-state index contributed by atoms with van der Waals surface area (Å²) in [6, 6.07) is 4.42. The highest BCUT2D eigenvalue weighted by Gasteiger charge is 2.24. The number of nitrogens with zero attached hydrogens (tertiary/aromatic N) is 2. The molecular formula is C13H19N3OS. The molecule has 1 aliphatic rings. The van der Waals surface area contributed by atoms with Gasteiger partial charge in [-0.2, -0.15) is 0 Å². The lowest BCUT2D eigenvalue weighted by atomic mass is 10.1. The number of hydrogen-bond acceptors (Lipinski definition) is 4. The van der Waals surface area contributed by atoms with Crippen molar-refractivity contribution in [3.8, 4) is 0 Å². The Morgan fingerprint density at radius 1 is 1.56 bits per heavy atom. The van der Waals surface area contributed by atoms with E-state index in [1.807, 2.05) is 18.3 Å². The third kappa shape index (κ3) is 2.97. The van der Waals surface area contributed by atoms with Crippen LogP contribution in [0, 0.1) is 0 Å². The first-order valence-electron chi connectivity index (χ1n) is 6.35. The maximum absolute atomic E-state index is 8.92. The Morgan fingerprint density at radius 2 is 2.39 bits per heavy atom. The molecule has 1 saturated heterocycles. The molecule has 1 aliphatic heterocycles. The summed E-state index contributed by atoms with van der Waals surface area (Å²) in [6.45, 7) is 1.33. The molecule has 1 fully saturated rings. The third-order valence-electron chi connectivity index (χ3n) is 3.40. The molecule has 2 heterocycles. The van der Waals surface area contributed by atoms with Crippen molar-refractivity contribution in [3.05, 3.63) is 24.0 Å². The molecule has 1 atom stereocenters. The van der Waals surface area contributed by atoms with Crippen LogP contribution in [0.4, 0.5) is 5.69 Å². The lowest BCUT2D eigenvalue weighted by Gasteiger charge is -2.26. The van der Waals surface area contributed by atoms with Gasteiger partial charge in [-0.1, -0.05) is 12.2 Å². The Kier molecular flexibility index (Phi) is 4.49. The molecule has 5 heteroatoms. The van der Waals surface area contributed by atoms with E-state index in [-0.39, 0.29) is 6.61 Å². The molecule has 98 valence electrons. The maximum atomic E-state index is 8.92. The van der Waals surface area contributed by atoms with Gasteiger partial charge < -0.3 is 15.7 Å². The smallest absolute Gasteiger partial charge is 0.122 e. The van der Waals surface area contributed by atoms with Crippen molar-refractivity contribution < 1.29 is 5.11 Å². The highest BCUT2D eigenvalue weighted by molar-refractivity contribution is 7.80. The number of aromatic nitrogens is 1. The van der Waals surface area contributed by atoms with Gasteiger partial charge in [0.25, 0.3) is 0 Å². The summed E-state index contributed by atoms with van der Waals surface area (Å²) in [7, 11) is 0. The molecule has 1 aromatic rings. The molecule has 3 N–H and O–H groups in total. The number of aliphatic hydroxyl groups is 1. The molecule has 18 heavy (non-hydrogen) atoms. The maximum Gasteiger partial charge on any atom is 0.122 e. The van der Waals surface area contributed by atoms with Gasteiger partial charge in [-0.25, -0.2) is 0 Å². The van der Waals surface area contributed by atoms with Crippen LogP contribution in [-0.4, -0.2) is 34.3 Å². The highest BCUT2D eigenvalue weighted by atomic mass is 32.1. The van der Waals surface area contributed by atoms with Crippen LogP contribution >= 0.6 is 12.2 Å². The Bertz CT molecular complexity index is 407. The number of rotatable bonds is 5. The van der Waals surface area contributed by atoms with Crippen molar-refractivity contribution >= 4 is 22.9 Å². The fraction of sp³-hybridized carbons (Fsp3) is 0.538. The summed E-state index contributed by atoms with van der Waals surface area (Å²) in [5.74, 6) is 0. The normalized spacial score (nSPS) is 19.2. The molecular weight excluding hydrogens is 246 g/mol. The lowest BCUT2D eigenvalue weighted by molar-refractivity contribution is 0.279. The molecule has 0 saturated carbocycles. The van der Waals surface area contributed by atoms with Crippen LogP contribution in [0.15, 0.2) is 18.3 Å². The van der Waals surface area contributed by atoms with Gasteiger partial charge in [0, 0.05) is 19.2 Å². The van der Waals surface area contributed by atoms with E-state index in [0.29, 0.717) is 16.7 Å². The second-order valence-electron chi connectivity index (χ2n) is 4.62. The van der Waals surface area contributed by atoms with Crippen molar-refractivity contribution in [2.75, 3.05) is 18.1 Å². The van der Waals surface area contributed by atoms with Gasteiger partial charge in [-0.3, -0.25) is 4.98 Å². The van der Waals surface area contributed by atoms with Crippen LogP contribution in [0.2, 0.25) is 0 Å². The van der Waals surface area contributed by atoms with Crippen LogP contribution in [0.3, 0.4) is 0 Å². The first kappa shape index (κ1) is 13.2. The number of thiocarbonyl (C=S) groups is 1. The van der Waals surface area contributed by atoms with E-state index in [9.17, 15) is 0 Å². The largest absolute Gasteiger partial charge is 0.396 e. The van der Waals surface area contributed by atoms with Crippen LogP contribution in [0.25, 0.3) is 0 Å². The summed E-state index contributed by atoms with van der Waals surface area (Å²) in [5, 5.41) is 8.92. The van der Waals surface area contributed by atoms with E-state index in [1.54, 1.807) is 0 Å². The summed E-state index contributed by atoms with van der Waals surface area (Å²) in [4.78, 5) is 6.98. The van der Waals surface area contributed by atoms with Gasteiger partial charge >= 0.3 is 0 Å². The van der Waals surface area contributed by atoms with Crippen LogP contribution < -0.4 is 10.6 Å². The average Bonchev–Trinajstić information content (AvgIpc) is 2.84. The third-order valence-corrected chi connectivity index (χ3v) is 3.61. The fourth-order valence-corrected chi connectivity index (χ4v) is 2.63. The zero-order valence-electron chi connectivity index (χ0n) is 10.4. The van der Waals surface area contributed by atoms with E-state index < -0.39 is 0 Å². The monoisotopic (exact) mass is 265 g/mol. The molecule has 0 aromatic carbocycles. The summed E-state index contributed by atoms with van der Waals surface area (Å²) in [6.07, 6.45) is 6.13. The van der Waals surface area contributed by atoms with Gasteiger partial charge in [0.15, 0.2) is 0 Å². The Hall–Kier alpha value is -1.20. The first-order chi connectivity index (χ1) is 8.72. The minimum atomic E-state index is 0.267.